The van der Waals surface area contributed by atoms with Gasteiger partial charge in [-0.1, -0.05) is 0 Å². The molecule has 2 N–H and O–H groups in total. The lowest BCUT2D eigenvalue weighted by atomic mass is 10.1. The van der Waals surface area contributed by atoms with Gasteiger partial charge in [0.2, 0.25) is 5.88 Å². The van der Waals surface area contributed by atoms with Crippen molar-refractivity contribution in [1.82, 2.24) is 9.55 Å². The number of nitrogens with one attached hydrogen (secondary N) is 1. The predicted octanol–water partition coefficient (Wildman–Crippen LogP) is 1.99. The molecule has 5 nitrogen and oxygen atoms in total. The summed E-state index contributed by atoms with van der Waals surface area (Å²) in [5.74, 6) is 0.172. The zero-order chi connectivity index (χ0) is 12.6. The molecular weight excluding hydrogens is 216 g/mol. The van der Waals surface area contributed by atoms with Crippen LogP contribution in [0.25, 0.3) is 10.9 Å². The molecule has 17 heavy (non-hydrogen) atoms. The molecule has 0 unspecified atom stereocenters. The van der Waals surface area contributed by atoms with Crippen molar-refractivity contribution in [2.75, 3.05) is 5.32 Å². The largest absolute Gasteiger partial charge is 0.494 e. The van der Waals surface area contributed by atoms with E-state index >= 15 is 0 Å². The van der Waals surface area contributed by atoms with Gasteiger partial charge in [-0.05, 0) is 19.9 Å². The third-order valence-corrected chi connectivity index (χ3v) is 2.55. The minimum Gasteiger partial charge on any atom is -0.494 e. The first-order valence-electron chi connectivity index (χ1n) is 5.26. The van der Waals surface area contributed by atoms with Crippen LogP contribution in [0.1, 0.15) is 13.8 Å². The van der Waals surface area contributed by atoms with E-state index in [1.165, 1.54) is 0 Å². The average Bonchev–Trinajstić information content (AvgIpc) is 2.55. The van der Waals surface area contributed by atoms with Gasteiger partial charge in [-0.25, -0.2) is 0 Å². The number of hydrogen-bond donors (Lipinski definition) is 2. The molecule has 0 aromatic carbocycles. The molecule has 0 bridgehead atoms. The SMILES string of the molecule is Cn1cc2ncc(NC(C)(C)C#N)cc2c1O. The van der Waals surface area contributed by atoms with E-state index in [9.17, 15) is 5.11 Å². The fraction of sp³-hybridized carbons (Fsp3) is 0.333. The molecule has 2 aromatic rings. The maximum absolute atomic E-state index is 9.81. The van der Waals surface area contributed by atoms with Gasteiger partial charge in [0, 0.05) is 13.2 Å². The Labute approximate surface area is 99.3 Å². The van der Waals surface area contributed by atoms with E-state index in [1.807, 2.05) is 0 Å². The minimum absolute atomic E-state index is 0.172. The monoisotopic (exact) mass is 230 g/mol. The third kappa shape index (κ3) is 2.02. The van der Waals surface area contributed by atoms with Gasteiger partial charge in [0.25, 0.3) is 0 Å². The lowest BCUT2D eigenvalue weighted by Crippen LogP contribution is -2.28. The molecule has 2 rings (SSSR count). The normalized spacial score (nSPS) is 11.4. The molecule has 0 fully saturated rings. The fourth-order valence-corrected chi connectivity index (χ4v) is 1.65. The summed E-state index contributed by atoms with van der Waals surface area (Å²) in [5, 5.41) is 22.5. The standard InChI is InChI=1S/C12H14N4O/c1-12(2,7-13)15-8-4-9-10(14-5-8)6-16(3)11(9)17/h4-6,15,17H,1-3H3. The Balaban J connectivity index is 2.45. The molecule has 0 amide bonds. The molecule has 0 aliphatic carbocycles. The van der Waals surface area contributed by atoms with E-state index in [-0.39, 0.29) is 5.88 Å². The number of fused-ring (bicyclic) bond motifs is 1. The number of hydrogen-bond acceptors (Lipinski definition) is 4. The van der Waals surface area contributed by atoms with Crippen LogP contribution in [0.2, 0.25) is 0 Å². The van der Waals surface area contributed by atoms with Crippen LogP contribution in [-0.4, -0.2) is 20.2 Å². The van der Waals surface area contributed by atoms with Crippen molar-refractivity contribution >= 4 is 16.6 Å². The van der Waals surface area contributed by atoms with Gasteiger partial charge in [-0.15, -0.1) is 0 Å². The maximum Gasteiger partial charge on any atom is 0.200 e. The van der Waals surface area contributed by atoms with Crippen LogP contribution in [0.5, 0.6) is 5.88 Å². The van der Waals surface area contributed by atoms with E-state index in [0.717, 1.165) is 5.52 Å². The second-order valence-corrected chi connectivity index (χ2v) is 4.58. The second kappa shape index (κ2) is 3.67. The zero-order valence-electron chi connectivity index (χ0n) is 10.0. The van der Waals surface area contributed by atoms with Gasteiger partial charge in [0.15, 0.2) is 0 Å². The molecule has 0 aliphatic heterocycles. The number of aryl methyl sites for hydroxylation is 1. The summed E-state index contributed by atoms with van der Waals surface area (Å²) in [4.78, 5) is 4.23. The van der Waals surface area contributed by atoms with Gasteiger partial charge in [-0.3, -0.25) is 4.98 Å². The molecule has 0 saturated heterocycles. The second-order valence-electron chi connectivity index (χ2n) is 4.58. The predicted molar refractivity (Wildman–Crippen MR) is 65.7 cm³/mol. The van der Waals surface area contributed by atoms with E-state index in [2.05, 4.69) is 16.4 Å². The first-order valence-corrected chi connectivity index (χ1v) is 5.26. The Bertz CT molecular complexity index is 607. The minimum atomic E-state index is -0.667. The number of aromatic hydroxyl groups is 1. The summed E-state index contributed by atoms with van der Waals surface area (Å²) in [6.07, 6.45) is 3.41. The van der Waals surface area contributed by atoms with Crippen LogP contribution in [0.3, 0.4) is 0 Å². The highest BCUT2D eigenvalue weighted by molar-refractivity contribution is 5.87. The van der Waals surface area contributed by atoms with Crippen molar-refractivity contribution in [2.45, 2.75) is 19.4 Å². The Morgan fingerprint density at radius 2 is 2.24 bits per heavy atom. The molecule has 5 heteroatoms. The van der Waals surface area contributed by atoms with Crippen molar-refractivity contribution in [2.24, 2.45) is 7.05 Å². The van der Waals surface area contributed by atoms with Crippen molar-refractivity contribution in [3.63, 3.8) is 0 Å². The first kappa shape index (κ1) is 11.3. The van der Waals surface area contributed by atoms with Gasteiger partial charge in [-0.2, -0.15) is 5.26 Å². The van der Waals surface area contributed by atoms with Gasteiger partial charge in [0.1, 0.15) is 5.54 Å². The Kier molecular flexibility index (Phi) is 2.43. The number of aromatic nitrogens is 2. The Hall–Kier alpha value is -2.22. The van der Waals surface area contributed by atoms with Crippen LogP contribution >= 0.6 is 0 Å². The molecule has 0 aliphatic rings. The van der Waals surface area contributed by atoms with E-state index < -0.39 is 5.54 Å². The first-order chi connectivity index (χ1) is 7.93. The summed E-state index contributed by atoms with van der Waals surface area (Å²) >= 11 is 0. The van der Waals surface area contributed by atoms with Crippen molar-refractivity contribution in [1.29, 1.82) is 5.26 Å². The van der Waals surface area contributed by atoms with Crippen molar-refractivity contribution in [3.05, 3.63) is 18.5 Å². The fourth-order valence-electron chi connectivity index (χ4n) is 1.65. The summed E-state index contributed by atoms with van der Waals surface area (Å²) in [5.41, 5.74) is 0.774. The highest BCUT2D eigenvalue weighted by Gasteiger charge is 2.16. The number of nitrogens with zero attached hydrogens (tertiary/aromatic N) is 3. The zero-order valence-corrected chi connectivity index (χ0v) is 10.0. The van der Waals surface area contributed by atoms with E-state index in [0.29, 0.717) is 11.1 Å². The Morgan fingerprint density at radius 1 is 1.53 bits per heavy atom. The van der Waals surface area contributed by atoms with Crippen molar-refractivity contribution < 1.29 is 5.11 Å². The Morgan fingerprint density at radius 3 is 2.88 bits per heavy atom. The van der Waals surface area contributed by atoms with Crippen LogP contribution in [-0.2, 0) is 7.05 Å². The topological polar surface area (TPSA) is 73.9 Å². The summed E-state index contributed by atoms with van der Waals surface area (Å²) in [6.45, 7) is 3.56. The molecule has 0 radical (unpaired) electrons. The summed E-state index contributed by atoms with van der Waals surface area (Å²) < 4.78 is 1.61. The molecule has 2 heterocycles. The number of rotatable bonds is 2. The van der Waals surface area contributed by atoms with Crippen molar-refractivity contribution in [3.8, 4) is 11.9 Å². The molecule has 0 atom stereocenters. The highest BCUT2D eigenvalue weighted by atomic mass is 16.3. The average molecular weight is 230 g/mol. The van der Waals surface area contributed by atoms with Crippen LogP contribution in [0.4, 0.5) is 5.69 Å². The molecule has 0 saturated carbocycles. The highest BCUT2D eigenvalue weighted by Crippen LogP contribution is 2.27. The smallest absolute Gasteiger partial charge is 0.200 e. The summed E-state index contributed by atoms with van der Waals surface area (Å²) in [6, 6.07) is 3.94. The molecule has 88 valence electrons. The number of nitriles is 1. The van der Waals surface area contributed by atoms with Gasteiger partial charge in [0.05, 0.1) is 28.9 Å². The quantitative estimate of drug-likeness (QED) is 0.827. The van der Waals surface area contributed by atoms with Crippen LogP contribution in [0.15, 0.2) is 18.5 Å². The lowest BCUT2D eigenvalue weighted by Gasteiger charge is -2.18. The van der Waals surface area contributed by atoms with Crippen LogP contribution in [0, 0.1) is 11.3 Å². The third-order valence-electron chi connectivity index (χ3n) is 2.55. The van der Waals surface area contributed by atoms with Crippen LogP contribution < -0.4 is 5.32 Å². The summed E-state index contributed by atoms with van der Waals surface area (Å²) in [7, 11) is 1.75. The molecule has 2 aromatic heterocycles. The van der Waals surface area contributed by atoms with E-state index in [1.54, 1.807) is 43.9 Å². The molecular formula is C12H14N4O. The van der Waals surface area contributed by atoms with Gasteiger partial charge >= 0.3 is 0 Å². The van der Waals surface area contributed by atoms with E-state index in [4.69, 9.17) is 5.26 Å². The molecule has 0 spiro atoms. The maximum atomic E-state index is 9.81. The number of pyridine rings is 1. The lowest BCUT2D eigenvalue weighted by molar-refractivity contribution is 0.438. The van der Waals surface area contributed by atoms with Gasteiger partial charge < -0.3 is 15.0 Å². The number of anilines is 1.